The van der Waals surface area contributed by atoms with Gasteiger partial charge in [0.2, 0.25) is 5.91 Å². The second-order valence-electron chi connectivity index (χ2n) is 6.85. The summed E-state index contributed by atoms with van der Waals surface area (Å²) in [6.45, 7) is 1.99. The molecule has 0 spiro atoms. The molecule has 1 aromatic rings. The number of hydrogen-bond donors (Lipinski definition) is 1. The number of carbonyl (C=O) groups is 1. The average Bonchev–Trinajstić information content (AvgIpc) is 2.63. The number of benzene rings is 1. The SMILES string of the molecule is COC1CCCC(C(=O)NC2CCCN(c3ccccc3)C2)C1. The molecule has 1 aromatic carbocycles. The lowest BCUT2D eigenvalue weighted by atomic mass is 9.86. The molecule has 4 heteroatoms. The molecule has 2 aliphatic rings. The minimum Gasteiger partial charge on any atom is -0.381 e. The van der Waals surface area contributed by atoms with E-state index in [2.05, 4.69) is 34.5 Å². The summed E-state index contributed by atoms with van der Waals surface area (Å²) in [6, 6.07) is 10.7. The average molecular weight is 316 g/mol. The molecule has 1 N–H and O–H groups in total. The molecule has 1 aliphatic carbocycles. The Bertz CT molecular complexity index is 505. The summed E-state index contributed by atoms with van der Waals surface area (Å²) in [5, 5.41) is 3.30. The van der Waals surface area contributed by atoms with Crippen molar-refractivity contribution in [2.75, 3.05) is 25.1 Å². The quantitative estimate of drug-likeness (QED) is 0.928. The van der Waals surface area contributed by atoms with E-state index < -0.39 is 0 Å². The van der Waals surface area contributed by atoms with E-state index in [1.807, 2.05) is 6.07 Å². The maximum Gasteiger partial charge on any atom is 0.223 e. The van der Waals surface area contributed by atoms with Crippen LogP contribution in [0.3, 0.4) is 0 Å². The zero-order chi connectivity index (χ0) is 16.1. The second-order valence-corrected chi connectivity index (χ2v) is 6.85. The third-order valence-corrected chi connectivity index (χ3v) is 5.22. The van der Waals surface area contributed by atoms with Gasteiger partial charge in [-0.2, -0.15) is 0 Å². The number of methoxy groups -OCH3 is 1. The number of para-hydroxylation sites is 1. The Hall–Kier alpha value is -1.55. The molecule has 23 heavy (non-hydrogen) atoms. The van der Waals surface area contributed by atoms with Gasteiger partial charge < -0.3 is 15.0 Å². The van der Waals surface area contributed by atoms with E-state index in [9.17, 15) is 4.79 Å². The highest BCUT2D eigenvalue weighted by Gasteiger charge is 2.29. The third-order valence-electron chi connectivity index (χ3n) is 5.22. The first-order valence-electron chi connectivity index (χ1n) is 8.89. The van der Waals surface area contributed by atoms with Crippen LogP contribution in [-0.4, -0.2) is 38.3 Å². The summed E-state index contributed by atoms with van der Waals surface area (Å²) >= 11 is 0. The molecule has 126 valence electrons. The molecule has 3 unspecified atom stereocenters. The number of ether oxygens (including phenoxy) is 1. The van der Waals surface area contributed by atoms with Crippen molar-refractivity contribution in [2.45, 2.75) is 50.7 Å². The molecule has 3 atom stereocenters. The predicted molar refractivity (Wildman–Crippen MR) is 92.6 cm³/mol. The van der Waals surface area contributed by atoms with Crippen molar-refractivity contribution in [1.82, 2.24) is 5.32 Å². The summed E-state index contributed by atoms with van der Waals surface area (Å²) in [6.07, 6.45) is 6.52. The van der Waals surface area contributed by atoms with Gasteiger partial charge in [0.25, 0.3) is 0 Å². The summed E-state index contributed by atoms with van der Waals surface area (Å²) in [5.74, 6) is 0.354. The van der Waals surface area contributed by atoms with E-state index in [0.29, 0.717) is 0 Å². The Kier molecular flexibility index (Phi) is 5.55. The van der Waals surface area contributed by atoms with E-state index in [1.54, 1.807) is 7.11 Å². The number of piperidine rings is 1. The van der Waals surface area contributed by atoms with Crippen LogP contribution < -0.4 is 10.2 Å². The molecule has 1 saturated heterocycles. The molecular weight excluding hydrogens is 288 g/mol. The topological polar surface area (TPSA) is 41.6 Å². The Balaban J connectivity index is 1.54. The third kappa shape index (κ3) is 4.25. The number of amides is 1. The van der Waals surface area contributed by atoms with Crippen molar-refractivity contribution in [3.63, 3.8) is 0 Å². The highest BCUT2D eigenvalue weighted by Crippen LogP contribution is 2.27. The van der Waals surface area contributed by atoms with Crippen LogP contribution in [0.15, 0.2) is 30.3 Å². The maximum atomic E-state index is 12.6. The number of carbonyl (C=O) groups excluding carboxylic acids is 1. The number of anilines is 1. The summed E-state index contributed by atoms with van der Waals surface area (Å²) < 4.78 is 5.45. The molecule has 0 radical (unpaired) electrons. The lowest BCUT2D eigenvalue weighted by molar-refractivity contribution is -0.128. The Morgan fingerprint density at radius 2 is 2.00 bits per heavy atom. The minimum absolute atomic E-state index is 0.126. The van der Waals surface area contributed by atoms with Gasteiger partial charge in [0.1, 0.15) is 0 Å². The van der Waals surface area contributed by atoms with Gasteiger partial charge in [-0.05, 0) is 44.2 Å². The monoisotopic (exact) mass is 316 g/mol. The second kappa shape index (κ2) is 7.82. The Labute approximate surface area is 139 Å². The van der Waals surface area contributed by atoms with E-state index in [4.69, 9.17) is 4.74 Å². The van der Waals surface area contributed by atoms with Crippen LogP contribution in [-0.2, 0) is 9.53 Å². The van der Waals surface area contributed by atoms with Crippen molar-refractivity contribution in [3.05, 3.63) is 30.3 Å². The molecule has 1 amide bonds. The first kappa shape index (κ1) is 16.3. The number of nitrogens with one attached hydrogen (secondary N) is 1. The molecule has 0 bridgehead atoms. The van der Waals surface area contributed by atoms with Gasteiger partial charge in [-0.3, -0.25) is 4.79 Å². The van der Waals surface area contributed by atoms with Gasteiger partial charge in [-0.1, -0.05) is 24.6 Å². The maximum absolute atomic E-state index is 12.6. The summed E-state index contributed by atoms with van der Waals surface area (Å²) in [7, 11) is 1.75. The van der Waals surface area contributed by atoms with Crippen LogP contribution in [0.25, 0.3) is 0 Å². The van der Waals surface area contributed by atoms with Crippen molar-refractivity contribution in [1.29, 1.82) is 0 Å². The fraction of sp³-hybridized carbons (Fsp3) is 0.632. The Morgan fingerprint density at radius 3 is 2.78 bits per heavy atom. The van der Waals surface area contributed by atoms with Gasteiger partial charge in [-0.25, -0.2) is 0 Å². The zero-order valence-electron chi connectivity index (χ0n) is 14.0. The van der Waals surface area contributed by atoms with E-state index >= 15 is 0 Å². The van der Waals surface area contributed by atoms with E-state index in [1.165, 1.54) is 5.69 Å². The zero-order valence-corrected chi connectivity index (χ0v) is 14.0. The fourth-order valence-electron chi connectivity index (χ4n) is 3.88. The predicted octanol–water partition coefficient (Wildman–Crippen LogP) is 2.98. The van der Waals surface area contributed by atoms with Crippen molar-refractivity contribution >= 4 is 11.6 Å². The standard InChI is InChI=1S/C19H28N2O2/c1-23-18-11-5-7-15(13-18)19(22)20-16-8-6-12-21(14-16)17-9-3-2-4-10-17/h2-4,9-10,15-16,18H,5-8,11-14H2,1H3,(H,20,22). The smallest absolute Gasteiger partial charge is 0.223 e. The number of nitrogens with zero attached hydrogens (tertiary/aromatic N) is 1. The van der Waals surface area contributed by atoms with E-state index in [0.717, 1.165) is 51.6 Å². The highest BCUT2D eigenvalue weighted by molar-refractivity contribution is 5.79. The van der Waals surface area contributed by atoms with Gasteiger partial charge >= 0.3 is 0 Å². The lowest BCUT2D eigenvalue weighted by Gasteiger charge is -2.36. The summed E-state index contributed by atoms with van der Waals surface area (Å²) in [4.78, 5) is 15.0. The molecule has 1 heterocycles. The van der Waals surface area contributed by atoms with Crippen LogP contribution in [0.4, 0.5) is 5.69 Å². The van der Waals surface area contributed by atoms with Crippen LogP contribution in [0, 0.1) is 5.92 Å². The molecular formula is C19H28N2O2. The summed E-state index contributed by atoms with van der Waals surface area (Å²) in [5.41, 5.74) is 1.25. The van der Waals surface area contributed by atoms with E-state index in [-0.39, 0.29) is 24.0 Å². The van der Waals surface area contributed by atoms with Crippen LogP contribution >= 0.6 is 0 Å². The van der Waals surface area contributed by atoms with Crippen LogP contribution in [0.5, 0.6) is 0 Å². The van der Waals surface area contributed by atoms with Crippen LogP contribution in [0.1, 0.15) is 38.5 Å². The molecule has 3 rings (SSSR count). The minimum atomic E-state index is 0.126. The van der Waals surface area contributed by atoms with Crippen LogP contribution in [0.2, 0.25) is 0 Å². The van der Waals surface area contributed by atoms with Crippen molar-refractivity contribution in [2.24, 2.45) is 5.92 Å². The highest BCUT2D eigenvalue weighted by atomic mass is 16.5. The van der Waals surface area contributed by atoms with Gasteiger partial charge in [0.05, 0.1) is 6.10 Å². The molecule has 1 saturated carbocycles. The number of hydrogen-bond acceptors (Lipinski definition) is 3. The number of rotatable bonds is 4. The van der Waals surface area contributed by atoms with Gasteiger partial charge in [0.15, 0.2) is 0 Å². The first-order valence-corrected chi connectivity index (χ1v) is 8.89. The largest absolute Gasteiger partial charge is 0.381 e. The molecule has 2 fully saturated rings. The first-order chi connectivity index (χ1) is 11.3. The fourth-order valence-corrected chi connectivity index (χ4v) is 3.88. The van der Waals surface area contributed by atoms with Crippen molar-refractivity contribution < 1.29 is 9.53 Å². The van der Waals surface area contributed by atoms with Crippen molar-refractivity contribution in [3.8, 4) is 0 Å². The normalized spacial score (nSPS) is 28.4. The van der Waals surface area contributed by atoms with Gasteiger partial charge in [0, 0.05) is 37.8 Å². The molecule has 1 aliphatic heterocycles. The molecule has 0 aromatic heterocycles. The lowest BCUT2D eigenvalue weighted by Crippen LogP contribution is -2.50. The molecule has 4 nitrogen and oxygen atoms in total. The van der Waals surface area contributed by atoms with Gasteiger partial charge in [-0.15, -0.1) is 0 Å². The Morgan fingerprint density at radius 1 is 1.17 bits per heavy atom.